The Morgan fingerprint density at radius 2 is 2.21 bits per heavy atom. The van der Waals surface area contributed by atoms with Crippen LogP contribution in [0.5, 0.6) is 0 Å². The number of benzene rings is 1. The van der Waals surface area contributed by atoms with Crippen LogP contribution in [0.4, 0.5) is 5.69 Å². The Bertz CT molecular complexity index is 479. The maximum absolute atomic E-state index is 11.9. The quantitative estimate of drug-likeness (QED) is 0.851. The zero-order valence-electron chi connectivity index (χ0n) is 11.5. The highest BCUT2D eigenvalue weighted by atomic mass is 35.5. The Morgan fingerprint density at radius 1 is 1.47 bits per heavy atom. The summed E-state index contributed by atoms with van der Waals surface area (Å²) in [5.74, 6) is 0.765. The topological polar surface area (TPSA) is 23.6 Å². The Kier molecular flexibility index (Phi) is 4.63. The summed E-state index contributed by atoms with van der Waals surface area (Å²) < 4.78 is 0. The predicted molar refractivity (Wildman–Crippen MR) is 83.0 cm³/mol. The number of halogens is 1. The molecule has 1 atom stereocenters. The second-order valence-electron chi connectivity index (χ2n) is 4.85. The fourth-order valence-electron chi connectivity index (χ4n) is 2.19. The lowest BCUT2D eigenvalue weighted by Gasteiger charge is -2.25. The van der Waals surface area contributed by atoms with Gasteiger partial charge in [0.05, 0.1) is 5.75 Å². The lowest BCUT2D eigenvalue weighted by molar-refractivity contribution is -0.128. The molecule has 1 heterocycles. The molecule has 3 nitrogen and oxygen atoms in total. The van der Waals surface area contributed by atoms with Crippen LogP contribution >= 0.6 is 23.4 Å². The van der Waals surface area contributed by atoms with Gasteiger partial charge in [0.15, 0.2) is 0 Å². The van der Waals surface area contributed by atoms with Crippen molar-refractivity contribution in [2.75, 3.05) is 31.3 Å². The number of hydrogen-bond donors (Lipinski definition) is 0. The van der Waals surface area contributed by atoms with E-state index in [1.54, 1.807) is 11.8 Å². The normalized spacial score (nSPS) is 19.1. The smallest absolute Gasteiger partial charge is 0.233 e. The summed E-state index contributed by atoms with van der Waals surface area (Å²) in [4.78, 5) is 15.8. The Morgan fingerprint density at radius 3 is 2.79 bits per heavy atom. The minimum atomic E-state index is 0.0659. The highest BCUT2D eigenvalue weighted by molar-refractivity contribution is 8.00. The lowest BCUT2D eigenvalue weighted by atomic mass is 10.1. The van der Waals surface area contributed by atoms with Gasteiger partial charge < -0.3 is 9.80 Å². The van der Waals surface area contributed by atoms with Crippen LogP contribution in [0.1, 0.15) is 24.3 Å². The number of rotatable bonds is 4. The van der Waals surface area contributed by atoms with Gasteiger partial charge in [-0.15, -0.1) is 11.8 Å². The average Bonchev–Trinajstić information content (AvgIpc) is 2.72. The second-order valence-corrected chi connectivity index (χ2v) is 6.33. The van der Waals surface area contributed by atoms with Gasteiger partial charge in [-0.1, -0.05) is 24.6 Å². The molecule has 0 spiro atoms. The van der Waals surface area contributed by atoms with Crippen molar-refractivity contribution in [3.8, 4) is 0 Å². The molecular weight excluding hydrogens is 280 g/mol. The molecule has 5 heteroatoms. The highest BCUT2D eigenvalue weighted by Gasteiger charge is 2.33. The number of carbonyl (C=O) groups is 1. The Balaban J connectivity index is 2.28. The van der Waals surface area contributed by atoms with Crippen molar-refractivity contribution in [3.05, 3.63) is 28.8 Å². The van der Waals surface area contributed by atoms with E-state index in [1.165, 1.54) is 0 Å². The molecule has 1 aliphatic heterocycles. The van der Waals surface area contributed by atoms with Crippen LogP contribution in [0.2, 0.25) is 5.02 Å². The molecule has 0 aromatic heterocycles. The minimum Gasteiger partial charge on any atom is -0.378 e. The van der Waals surface area contributed by atoms with E-state index in [4.69, 9.17) is 11.6 Å². The van der Waals surface area contributed by atoms with E-state index < -0.39 is 0 Å². The van der Waals surface area contributed by atoms with Gasteiger partial charge in [-0.25, -0.2) is 0 Å². The fraction of sp³-hybridized carbons (Fsp3) is 0.500. The van der Waals surface area contributed by atoms with Crippen molar-refractivity contribution in [2.45, 2.75) is 18.7 Å². The molecule has 0 radical (unpaired) electrons. The van der Waals surface area contributed by atoms with E-state index in [0.717, 1.165) is 29.2 Å². The molecule has 0 saturated carbocycles. The standard InChI is InChI=1S/C14H19ClN2OS/c1-4-7-17-13(18)9-19-14(17)11-6-5-10(16(2)3)8-12(11)15/h5-6,8,14H,4,7,9H2,1-3H3. The number of amides is 1. The Labute approximate surface area is 123 Å². The van der Waals surface area contributed by atoms with Crippen molar-refractivity contribution in [1.29, 1.82) is 0 Å². The van der Waals surface area contributed by atoms with E-state index in [1.807, 2.05) is 36.0 Å². The summed E-state index contributed by atoms with van der Waals surface area (Å²) in [5, 5.41) is 0.802. The number of carbonyl (C=O) groups excluding carboxylic acids is 1. The molecule has 1 aromatic carbocycles. The molecule has 0 bridgehead atoms. The summed E-state index contributed by atoms with van der Waals surface area (Å²) >= 11 is 8.05. The highest BCUT2D eigenvalue weighted by Crippen LogP contribution is 2.42. The average molecular weight is 299 g/mol. The number of nitrogens with zero attached hydrogens (tertiary/aromatic N) is 2. The summed E-state index contributed by atoms with van der Waals surface area (Å²) in [6.45, 7) is 2.88. The van der Waals surface area contributed by atoms with E-state index in [2.05, 4.69) is 13.0 Å². The van der Waals surface area contributed by atoms with Gasteiger partial charge in [-0.3, -0.25) is 4.79 Å². The van der Waals surface area contributed by atoms with Crippen molar-refractivity contribution in [2.24, 2.45) is 0 Å². The second kappa shape index (κ2) is 6.06. The third-order valence-electron chi connectivity index (χ3n) is 3.20. The van der Waals surface area contributed by atoms with Crippen LogP contribution in [-0.2, 0) is 4.79 Å². The first-order valence-electron chi connectivity index (χ1n) is 6.42. The number of anilines is 1. The zero-order valence-corrected chi connectivity index (χ0v) is 13.1. The molecule has 1 aromatic rings. The van der Waals surface area contributed by atoms with Gasteiger partial charge in [-0.05, 0) is 18.6 Å². The molecule has 0 N–H and O–H groups in total. The molecule has 104 valence electrons. The van der Waals surface area contributed by atoms with Gasteiger partial charge in [0.2, 0.25) is 5.91 Å². The maximum Gasteiger partial charge on any atom is 0.233 e. The van der Waals surface area contributed by atoms with Crippen LogP contribution < -0.4 is 4.90 Å². The predicted octanol–water partition coefficient (Wildman–Crippen LogP) is 3.39. The van der Waals surface area contributed by atoms with Crippen molar-refractivity contribution >= 4 is 35.0 Å². The Hall–Kier alpha value is -0.870. The SMILES string of the molecule is CCCN1C(=O)CSC1c1ccc(N(C)C)cc1Cl. The van der Waals surface area contributed by atoms with Gasteiger partial charge in [0.1, 0.15) is 5.37 Å². The van der Waals surface area contributed by atoms with Crippen molar-refractivity contribution in [1.82, 2.24) is 4.90 Å². The van der Waals surface area contributed by atoms with Crippen molar-refractivity contribution < 1.29 is 4.79 Å². The van der Waals surface area contributed by atoms with Gasteiger partial charge in [-0.2, -0.15) is 0 Å². The molecule has 0 aliphatic carbocycles. The third kappa shape index (κ3) is 3.00. The van der Waals surface area contributed by atoms with Gasteiger partial charge in [0, 0.05) is 36.9 Å². The van der Waals surface area contributed by atoms with Crippen LogP contribution in [-0.4, -0.2) is 37.2 Å². The van der Waals surface area contributed by atoms with E-state index in [9.17, 15) is 4.79 Å². The summed E-state index contributed by atoms with van der Waals surface area (Å²) in [6, 6.07) is 6.05. The maximum atomic E-state index is 11.9. The first-order valence-corrected chi connectivity index (χ1v) is 7.85. The molecule has 1 saturated heterocycles. The molecule has 19 heavy (non-hydrogen) atoms. The lowest BCUT2D eigenvalue weighted by Crippen LogP contribution is -2.29. The molecule has 1 fully saturated rings. The fourth-order valence-corrected chi connectivity index (χ4v) is 3.79. The first-order chi connectivity index (χ1) is 9.04. The number of thioether (sulfide) groups is 1. The molecular formula is C14H19ClN2OS. The molecule has 2 rings (SSSR count). The zero-order chi connectivity index (χ0) is 14.0. The third-order valence-corrected chi connectivity index (χ3v) is 4.76. The minimum absolute atomic E-state index is 0.0659. The van der Waals surface area contributed by atoms with Gasteiger partial charge in [0.25, 0.3) is 0 Å². The van der Waals surface area contributed by atoms with Crippen LogP contribution in [0.15, 0.2) is 18.2 Å². The van der Waals surface area contributed by atoms with Crippen LogP contribution in [0.25, 0.3) is 0 Å². The number of hydrogen-bond acceptors (Lipinski definition) is 3. The van der Waals surface area contributed by atoms with Crippen molar-refractivity contribution in [3.63, 3.8) is 0 Å². The summed E-state index contributed by atoms with van der Waals surface area (Å²) in [7, 11) is 3.98. The van der Waals surface area contributed by atoms with E-state index in [-0.39, 0.29) is 11.3 Å². The van der Waals surface area contributed by atoms with E-state index >= 15 is 0 Å². The van der Waals surface area contributed by atoms with Crippen LogP contribution in [0, 0.1) is 0 Å². The largest absolute Gasteiger partial charge is 0.378 e. The van der Waals surface area contributed by atoms with Gasteiger partial charge >= 0.3 is 0 Å². The summed E-state index contributed by atoms with van der Waals surface area (Å²) in [5.41, 5.74) is 2.11. The van der Waals surface area contributed by atoms with Crippen LogP contribution in [0.3, 0.4) is 0 Å². The monoisotopic (exact) mass is 298 g/mol. The summed E-state index contributed by atoms with van der Waals surface area (Å²) in [6.07, 6.45) is 0.968. The first kappa shape index (κ1) is 14.5. The van der Waals surface area contributed by atoms with E-state index in [0.29, 0.717) is 5.75 Å². The molecule has 1 unspecified atom stereocenters. The molecule has 1 amide bonds. The molecule has 1 aliphatic rings.